The second-order valence-corrected chi connectivity index (χ2v) is 21.0. The van der Waals surface area contributed by atoms with E-state index in [9.17, 15) is 9.90 Å². The monoisotopic (exact) mass is 501 g/mol. The molecule has 0 radical (unpaired) electrons. The van der Waals surface area contributed by atoms with Crippen molar-refractivity contribution in [3.8, 4) is 0 Å². The van der Waals surface area contributed by atoms with Gasteiger partial charge in [0, 0.05) is 0 Å². The zero-order valence-corrected chi connectivity index (χ0v) is 20.5. The minimum atomic E-state index is -3.09. The number of hydrogen-bond donors (Lipinski definition) is 1. The van der Waals surface area contributed by atoms with Crippen molar-refractivity contribution < 1.29 is 19.0 Å². The Kier molecular flexibility index (Phi) is 9.54. The van der Waals surface area contributed by atoms with Crippen LogP contribution >= 0.6 is 0 Å². The molecule has 1 saturated heterocycles. The molecule has 1 aromatic rings. The van der Waals surface area contributed by atoms with Crippen LogP contribution in [0.3, 0.4) is 0 Å². The van der Waals surface area contributed by atoms with Crippen LogP contribution in [0.4, 0.5) is 14.9 Å². The molecule has 0 spiro atoms. The number of carbonyl (C=O) groups is 1. The molecule has 0 saturated carbocycles. The van der Waals surface area contributed by atoms with Gasteiger partial charge >= 0.3 is 174 Å². The van der Waals surface area contributed by atoms with Gasteiger partial charge in [-0.05, 0) is 0 Å². The Morgan fingerprint density at radius 1 is 1.11 bits per heavy atom. The summed E-state index contributed by atoms with van der Waals surface area (Å²) in [6.45, 7) is 6.68. The third kappa shape index (κ3) is 5.41. The van der Waals surface area contributed by atoms with Crippen LogP contribution in [0.5, 0.6) is 0 Å². The summed E-state index contributed by atoms with van der Waals surface area (Å²) in [5, 5.41) is 9.42. The first-order valence-corrected chi connectivity index (χ1v) is 18.4. The summed E-state index contributed by atoms with van der Waals surface area (Å²) in [6, 6.07) is 5.15. The number of carbonyl (C=O) groups excluding carboxylic acids is 1. The molecule has 1 atom stereocenters. The summed E-state index contributed by atoms with van der Waals surface area (Å²) in [7, 11) is 0. The maximum atomic E-state index is 15.4. The summed E-state index contributed by atoms with van der Waals surface area (Å²) in [5.74, 6) is -0.142. The molecule has 28 heavy (non-hydrogen) atoms. The van der Waals surface area contributed by atoms with E-state index in [0.29, 0.717) is 12.2 Å². The molecule has 1 aliphatic rings. The molecule has 1 fully saturated rings. The van der Waals surface area contributed by atoms with E-state index in [2.05, 4.69) is 20.8 Å². The minimum absolute atomic E-state index is 0.142. The summed E-state index contributed by atoms with van der Waals surface area (Å²) in [5.41, 5.74) is 0.708. The molecule has 4 nitrogen and oxygen atoms in total. The molecule has 1 heterocycles. The Labute approximate surface area is 173 Å². The van der Waals surface area contributed by atoms with Crippen molar-refractivity contribution in [2.45, 2.75) is 78.7 Å². The van der Waals surface area contributed by atoms with Gasteiger partial charge < -0.3 is 0 Å². The molecule has 0 unspecified atom stereocenters. The van der Waals surface area contributed by atoms with Crippen molar-refractivity contribution in [2.75, 3.05) is 18.1 Å². The number of aliphatic hydroxyl groups excluding tert-OH is 1. The molecule has 1 aromatic carbocycles. The molecule has 0 bridgehead atoms. The van der Waals surface area contributed by atoms with Gasteiger partial charge in [-0.2, -0.15) is 0 Å². The molecule has 1 amide bonds. The number of ether oxygens (including phenoxy) is 1. The van der Waals surface area contributed by atoms with E-state index in [-0.39, 0.29) is 12.4 Å². The SMILES string of the molecule is CCC[CH2][Sn]([CH2]CCC)([CH2]CCC)[c]1c(F)cccc1N1C[C@H](CO)OC1=O. The second kappa shape index (κ2) is 11.4. The van der Waals surface area contributed by atoms with E-state index < -0.39 is 30.6 Å². The standard InChI is InChI=1S/C10H9FNO3.3C4H9.Sn/c11-7-2-1-3-8(4-7)12-5-9(6-13)15-10(12)14;3*1-3-4-2;/h1-3,9,13H,5-6H2;3*1,3-4H2,2H3;/t9-;;;;/m1..../s1. The number of anilines is 1. The first-order chi connectivity index (χ1) is 13.5. The first kappa shape index (κ1) is 23.5. The number of amides is 1. The zero-order valence-electron chi connectivity index (χ0n) is 17.7. The Bertz CT molecular complexity index is 618. The van der Waals surface area contributed by atoms with Crippen LogP contribution in [0.15, 0.2) is 18.2 Å². The molecule has 6 heteroatoms. The van der Waals surface area contributed by atoms with Gasteiger partial charge in [-0.3, -0.25) is 0 Å². The van der Waals surface area contributed by atoms with Gasteiger partial charge in [0.2, 0.25) is 0 Å². The molecular weight excluding hydrogens is 464 g/mol. The fourth-order valence-electron chi connectivity index (χ4n) is 4.37. The number of benzene rings is 1. The fraction of sp³-hybridized carbons (Fsp3) is 0.682. The van der Waals surface area contributed by atoms with Gasteiger partial charge in [0.25, 0.3) is 0 Å². The summed E-state index contributed by atoms with van der Waals surface area (Å²) in [6.07, 6.45) is 5.71. The number of halogens is 1. The van der Waals surface area contributed by atoms with Gasteiger partial charge in [0.15, 0.2) is 0 Å². The summed E-state index contributed by atoms with van der Waals surface area (Å²) >= 11 is -3.09. The van der Waals surface area contributed by atoms with Crippen molar-refractivity contribution in [1.82, 2.24) is 0 Å². The van der Waals surface area contributed by atoms with E-state index in [4.69, 9.17) is 4.74 Å². The zero-order chi connectivity index (χ0) is 20.6. The summed E-state index contributed by atoms with van der Waals surface area (Å²) in [4.78, 5) is 14.0. The molecule has 0 aliphatic carbocycles. The van der Waals surface area contributed by atoms with Gasteiger partial charge in [-0.1, -0.05) is 0 Å². The van der Waals surface area contributed by atoms with Crippen molar-refractivity contribution in [3.05, 3.63) is 24.0 Å². The van der Waals surface area contributed by atoms with Crippen LogP contribution in [0.1, 0.15) is 59.3 Å². The molecule has 2 rings (SSSR count). The van der Waals surface area contributed by atoms with Crippen LogP contribution in [-0.2, 0) is 4.74 Å². The van der Waals surface area contributed by atoms with Gasteiger partial charge in [0.1, 0.15) is 0 Å². The molecule has 158 valence electrons. The van der Waals surface area contributed by atoms with E-state index >= 15 is 4.39 Å². The van der Waals surface area contributed by atoms with Gasteiger partial charge in [-0.15, -0.1) is 0 Å². The Morgan fingerprint density at radius 3 is 2.14 bits per heavy atom. The van der Waals surface area contributed by atoms with Gasteiger partial charge in [-0.25, -0.2) is 0 Å². The van der Waals surface area contributed by atoms with E-state index in [1.54, 1.807) is 17.0 Å². The van der Waals surface area contributed by atoms with E-state index in [1.807, 2.05) is 6.07 Å². The van der Waals surface area contributed by atoms with Crippen LogP contribution in [0.25, 0.3) is 0 Å². The van der Waals surface area contributed by atoms with Crippen molar-refractivity contribution in [3.63, 3.8) is 0 Å². The van der Waals surface area contributed by atoms with E-state index in [0.717, 1.165) is 55.4 Å². The van der Waals surface area contributed by atoms with Crippen LogP contribution in [0, 0.1) is 5.82 Å². The first-order valence-electron chi connectivity index (χ1n) is 10.9. The Morgan fingerprint density at radius 2 is 1.68 bits per heavy atom. The van der Waals surface area contributed by atoms with Crippen molar-refractivity contribution in [2.24, 2.45) is 0 Å². The van der Waals surface area contributed by atoms with Crippen molar-refractivity contribution in [1.29, 1.82) is 0 Å². The molecule has 1 aliphatic heterocycles. The van der Waals surface area contributed by atoms with E-state index in [1.165, 1.54) is 0 Å². The number of nitrogens with zero attached hydrogens (tertiary/aromatic N) is 1. The number of hydrogen-bond acceptors (Lipinski definition) is 3. The summed E-state index contributed by atoms with van der Waals surface area (Å²) < 4.78 is 24.9. The number of aliphatic hydroxyl groups is 1. The average molecular weight is 500 g/mol. The third-order valence-electron chi connectivity index (χ3n) is 5.92. The predicted molar refractivity (Wildman–Crippen MR) is 116 cm³/mol. The quantitative estimate of drug-likeness (QED) is 0.402. The normalized spacial score (nSPS) is 17.2. The molecular formula is C22H36FNO3Sn. The maximum absolute atomic E-state index is 15.4. The molecule has 0 aromatic heterocycles. The van der Waals surface area contributed by atoms with Crippen LogP contribution in [-0.4, -0.2) is 48.8 Å². The number of unbranched alkanes of at least 4 members (excludes halogenated alkanes) is 3. The molecule has 1 N–H and O–H groups in total. The Hall–Kier alpha value is -0.821. The number of rotatable bonds is 12. The topological polar surface area (TPSA) is 49.8 Å². The van der Waals surface area contributed by atoms with Crippen molar-refractivity contribution >= 4 is 33.7 Å². The average Bonchev–Trinajstić information content (AvgIpc) is 3.08. The fourth-order valence-corrected chi connectivity index (χ4v) is 21.3. The third-order valence-corrected chi connectivity index (χ3v) is 21.6. The van der Waals surface area contributed by atoms with Crippen LogP contribution in [0.2, 0.25) is 13.3 Å². The number of cyclic esters (lactones) is 1. The predicted octanol–water partition coefficient (Wildman–Crippen LogP) is 5.20. The Balaban J connectivity index is 2.55. The van der Waals surface area contributed by atoms with Gasteiger partial charge in [0.05, 0.1) is 0 Å². The second-order valence-electron chi connectivity index (χ2n) is 8.02. The van der Waals surface area contributed by atoms with Crippen LogP contribution < -0.4 is 8.48 Å².